The quantitative estimate of drug-likeness (QED) is 0.627. The molecule has 2 aromatic heterocycles. The van der Waals surface area contributed by atoms with Crippen molar-refractivity contribution in [2.75, 3.05) is 11.6 Å². The number of hydrogen-bond acceptors (Lipinski definition) is 6. The smallest absolute Gasteiger partial charge is 0.249 e. The van der Waals surface area contributed by atoms with Gasteiger partial charge in [-0.25, -0.2) is 18.5 Å². The highest BCUT2D eigenvalue weighted by Crippen LogP contribution is 2.12. The molecular formula is C13H14N6O3S. The second-order valence-electron chi connectivity index (χ2n) is 4.99. The maximum Gasteiger partial charge on any atom is 0.249 e. The van der Waals surface area contributed by atoms with Crippen LogP contribution < -0.4 is 5.32 Å². The van der Waals surface area contributed by atoms with Crippen LogP contribution in [0.1, 0.15) is 12.2 Å². The second kappa shape index (κ2) is 5.80. The van der Waals surface area contributed by atoms with E-state index < -0.39 is 9.84 Å². The molecule has 9 nitrogen and oxygen atoms in total. The molecule has 0 saturated carbocycles. The summed E-state index contributed by atoms with van der Waals surface area (Å²) in [5, 5.41) is 8.05. The van der Waals surface area contributed by atoms with Crippen molar-refractivity contribution in [1.29, 1.82) is 0 Å². The number of benzene rings is 1. The van der Waals surface area contributed by atoms with Gasteiger partial charge >= 0.3 is 0 Å². The van der Waals surface area contributed by atoms with Gasteiger partial charge in [0.25, 0.3) is 0 Å². The molecular weight excluding hydrogens is 320 g/mol. The molecule has 0 fully saturated rings. The number of aryl methyl sites for hydroxylation is 1. The minimum Gasteiger partial charge on any atom is -0.342 e. The van der Waals surface area contributed by atoms with Crippen LogP contribution in [0.15, 0.2) is 29.4 Å². The Morgan fingerprint density at radius 1 is 1.26 bits per heavy atom. The summed E-state index contributed by atoms with van der Waals surface area (Å²) in [7, 11) is -3.48. The van der Waals surface area contributed by atoms with Crippen LogP contribution in [0.3, 0.4) is 0 Å². The first-order valence-electron chi connectivity index (χ1n) is 6.78. The zero-order chi connectivity index (χ0) is 16.4. The van der Waals surface area contributed by atoms with Crippen molar-refractivity contribution < 1.29 is 13.2 Å². The van der Waals surface area contributed by atoms with Gasteiger partial charge in [-0.1, -0.05) is 12.1 Å². The van der Waals surface area contributed by atoms with Crippen molar-refractivity contribution in [3.8, 4) is 0 Å². The number of hydrogen-bond donors (Lipinski definition) is 3. The van der Waals surface area contributed by atoms with E-state index in [1.807, 2.05) is 24.3 Å². The lowest BCUT2D eigenvalue weighted by molar-refractivity contribution is -0.116. The van der Waals surface area contributed by atoms with E-state index in [-0.39, 0.29) is 23.4 Å². The second-order valence-corrected chi connectivity index (χ2v) is 6.92. The molecule has 0 atom stereocenters. The summed E-state index contributed by atoms with van der Waals surface area (Å²) in [5.74, 6) is 0.303. The van der Waals surface area contributed by atoms with Crippen molar-refractivity contribution in [3.63, 3.8) is 0 Å². The Morgan fingerprint density at radius 3 is 2.74 bits per heavy atom. The number of aromatic amines is 2. The average Bonchev–Trinajstić information content (AvgIpc) is 3.10. The molecule has 3 rings (SSSR count). The molecule has 0 bridgehead atoms. The van der Waals surface area contributed by atoms with Gasteiger partial charge in [0, 0.05) is 19.1 Å². The number of amides is 1. The molecule has 0 spiro atoms. The number of para-hydroxylation sites is 2. The SMILES string of the molecule is CS(=O)(=O)c1nc(NC(=O)CCc2nc3ccccc3[nH]2)n[nH]1. The Kier molecular flexibility index (Phi) is 3.82. The van der Waals surface area contributed by atoms with E-state index in [4.69, 9.17) is 0 Å². The van der Waals surface area contributed by atoms with Crippen LogP contribution in [0.25, 0.3) is 11.0 Å². The number of fused-ring (bicyclic) bond motifs is 1. The molecule has 0 aliphatic heterocycles. The first-order valence-corrected chi connectivity index (χ1v) is 8.67. The highest BCUT2D eigenvalue weighted by atomic mass is 32.2. The highest BCUT2D eigenvalue weighted by molar-refractivity contribution is 7.90. The third-order valence-corrected chi connectivity index (χ3v) is 3.98. The Balaban J connectivity index is 1.60. The normalized spacial score (nSPS) is 11.7. The molecule has 0 saturated heterocycles. The van der Waals surface area contributed by atoms with Crippen LogP contribution in [0.4, 0.5) is 5.95 Å². The largest absolute Gasteiger partial charge is 0.342 e. The molecule has 120 valence electrons. The van der Waals surface area contributed by atoms with E-state index >= 15 is 0 Å². The number of anilines is 1. The number of aromatic nitrogens is 5. The number of carbonyl (C=O) groups excluding carboxylic acids is 1. The van der Waals surface area contributed by atoms with E-state index in [1.54, 1.807) is 0 Å². The Morgan fingerprint density at radius 2 is 2.04 bits per heavy atom. The maximum absolute atomic E-state index is 11.9. The van der Waals surface area contributed by atoms with Crippen LogP contribution in [-0.4, -0.2) is 45.7 Å². The molecule has 0 aliphatic rings. The van der Waals surface area contributed by atoms with E-state index in [0.29, 0.717) is 12.2 Å². The van der Waals surface area contributed by atoms with Gasteiger partial charge in [-0.3, -0.25) is 10.1 Å². The van der Waals surface area contributed by atoms with Crippen LogP contribution in [0, 0.1) is 0 Å². The molecule has 1 aromatic carbocycles. The molecule has 0 unspecified atom stereocenters. The molecule has 3 N–H and O–H groups in total. The summed E-state index contributed by atoms with van der Waals surface area (Å²) in [4.78, 5) is 23.1. The standard InChI is InChI=1S/C13H14N6O3S/c1-23(21,22)13-17-12(18-19-13)16-11(20)7-6-10-14-8-4-2-3-5-9(8)15-10/h2-5H,6-7H2,1H3,(H,14,15)(H2,16,17,18,19,20). The molecule has 0 aliphatic carbocycles. The molecule has 0 radical (unpaired) electrons. The van der Waals surface area contributed by atoms with Gasteiger partial charge in [-0.05, 0) is 12.1 Å². The molecule has 23 heavy (non-hydrogen) atoms. The zero-order valence-corrected chi connectivity index (χ0v) is 13.0. The monoisotopic (exact) mass is 334 g/mol. The van der Waals surface area contributed by atoms with Crippen molar-refractivity contribution in [2.24, 2.45) is 0 Å². The fourth-order valence-corrected chi connectivity index (χ4v) is 2.48. The number of nitrogens with one attached hydrogen (secondary N) is 3. The van der Waals surface area contributed by atoms with Gasteiger partial charge in [0.05, 0.1) is 11.0 Å². The van der Waals surface area contributed by atoms with Gasteiger partial charge in [0.15, 0.2) is 0 Å². The summed E-state index contributed by atoms with van der Waals surface area (Å²) in [5.41, 5.74) is 1.75. The first kappa shape index (κ1) is 15.2. The minimum absolute atomic E-state index is 0.0694. The summed E-state index contributed by atoms with van der Waals surface area (Å²) in [6.07, 6.45) is 1.59. The summed E-state index contributed by atoms with van der Waals surface area (Å²) in [6.45, 7) is 0. The third-order valence-electron chi connectivity index (χ3n) is 3.09. The Labute approximate surface area is 131 Å². The topological polar surface area (TPSA) is 133 Å². The molecule has 10 heteroatoms. The number of imidazole rings is 1. The van der Waals surface area contributed by atoms with Crippen LogP contribution in [0.5, 0.6) is 0 Å². The lowest BCUT2D eigenvalue weighted by atomic mass is 10.3. The lowest BCUT2D eigenvalue weighted by Gasteiger charge is -1.98. The molecule has 3 aromatic rings. The highest BCUT2D eigenvalue weighted by Gasteiger charge is 2.15. The van der Waals surface area contributed by atoms with E-state index in [0.717, 1.165) is 17.3 Å². The number of nitrogens with zero attached hydrogens (tertiary/aromatic N) is 3. The third kappa shape index (κ3) is 3.54. The number of H-pyrrole nitrogens is 2. The van der Waals surface area contributed by atoms with Crippen LogP contribution in [-0.2, 0) is 21.1 Å². The number of carbonyl (C=O) groups is 1. The fraction of sp³-hybridized carbons (Fsp3) is 0.231. The summed E-state index contributed by atoms with van der Waals surface area (Å²) in [6, 6.07) is 7.59. The van der Waals surface area contributed by atoms with Gasteiger partial charge in [0.2, 0.25) is 26.8 Å². The fourth-order valence-electron chi connectivity index (χ4n) is 2.01. The predicted octanol–water partition coefficient (Wildman–Crippen LogP) is 0.656. The van der Waals surface area contributed by atoms with Gasteiger partial charge in [-0.15, -0.1) is 5.10 Å². The van der Waals surface area contributed by atoms with Crippen LogP contribution >= 0.6 is 0 Å². The van der Waals surface area contributed by atoms with Crippen molar-refractivity contribution in [3.05, 3.63) is 30.1 Å². The van der Waals surface area contributed by atoms with Gasteiger partial charge in [-0.2, -0.15) is 4.98 Å². The van der Waals surface area contributed by atoms with Crippen LogP contribution in [0.2, 0.25) is 0 Å². The summed E-state index contributed by atoms with van der Waals surface area (Å²) < 4.78 is 22.5. The first-order chi connectivity index (χ1) is 10.9. The van der Waals surface area contributed by atoms with Crippen molar-refractivity contribution >= 4 is 32.7 Å². The maximum atomic E-state index is 11.9. The van der Waals surface area contributed by atoms with Crippen molar-refractivity contribution in [2.45, 2.75) is 18.0 Å². The minimum atomic E-state index is -3.48. The Bertz CT molecular complexity index is 926. The van der Waals surface area contributed by atoms with Gasteiger partial charge < -0.3 is 4.98 Å². The van der Waals surface area contributed by atoms with E-state index in [2.05, 4.69) is 30.5 Å². The lowest BCUT2D eigenvalue weighted by Crippen LogP contribution is -2.14. The molecule has 1 amide bonds. The van der Waals surface area contributed by atoms with E-state index in [1.165, 1.54) is 0 Å². The van der Waals surface area contributed by atoms with E-state index in [9.17, 15) is 13.2 Å². The average molecular weight is 334 g/mol. The predicted molar refractivity (Wildman–Crippen MR) is 82.5 cm³/mol. The van der Waals surface area contributed by atoms with Crippen molar-refractivity contribution in [1.82, 2.24) is 25.1 Å². The van der Waals surface area contributed by atoms with Gasteiger partial charge in [0.1, 0.15) is 5.82 Å². The Hall–Kier alpha value is -2.75. The number of rotatable bonds is 5. The zero-order valence-electron chi connectivity index (χ0n) is 12.2. The molecule has 2 heterocycles. The summed E-state index contributed by atoms with van der Waals surface area (Å²) >= 11 is 0. The number of sulfone groups is 1.